The molecule has 1 aliphatic heterocycles. The highest BCUT2D eigenvalue weighted by Crippen LogP contribution is 2.33. The third kappa shape index (κ3) is 9.11. The Morgan fingerprint density at radius 2 is 1.95 bits per heavy atom. The highest BCUT2D eigenvalue weighted by atomic mass is 35.5. The minimum absolute atomic E-state index is 0.165. The van der Waals surface area contributed by atoms with Gasteiger partial charge in [-0.15, -0.1) is 0 Å². The number of carbonyl (C=O) groups excluding carboxylic acids is 1. The van der Waals surface area contributed by atoms with Crippen LogP contribution in [0.25, 0.3) is 0 Å². The van der Waals surface area contributed by atoms with Crippen molar-refractivity contribution in [1.82, 2.24) is 15.1 Å². The minimum atomic E-state index is 0.165. The SMILES string of the molecule is C=C(Nc1cc(C)[nH]n1)/C(Cl)=C\N=C(Nc1cc(C=O)c(C2CCN(C)CC2)cc1C)C(C)CC.COC. The maximum absolute atomic E-state index is 12.0. The van der Waals surface area contributed by atoms with Crippen molar-refractivity contribution in [2.24, 2.45) is 10.9 Å². The number of nitrogens with one attached hydrogen (secondary N) is 3. The lowest BCUT2D eigenvalue weighted by Crippen LogP contribution is -2.29. The van der Waals surface area contributed by atoms with Gasteiger partial charge in [0.2, 0.25) is 0 Å². The molecule has 0 bridgehead atoms. The Morgan fingerprint density at radius 3 is 2.50 bits per heavy atom. The van der Waals surface area contributed by atoms with Gasteiger partial charge in [0, 0.05) is 49.3 Å². The van der Waals surface area contributed by atoms with Crippen LogP contribution in [0.4, 0.5) is 11.5 Å². The number of hydrogen-bond acceptors (Lipinski definition) is 6. The molecule has 0 saturated carbocycles. The van der Waals surface area contributed by atoms with Crippen molar-refractivity contribution < 1.29 is 9.53 Å². The van der Waals surface area contributed by atoms with Gasteiger partial charge in [-0.3, -0.25) is 9.89 Å². The molecule has 3 rings (SSSR count). The van der Waals surface area contributed by atoms with E-state index in [2.05, 4.69) is 75.9 Å². The second-order valence-electron chi connectivity index (χ2n) is 9.87. The first-order valence-electron chi connectivity index (χ1n) is 13.0. The summed E-state index contributed by atoms with van der Waals surface area (Å²) in [6.45, 7) is 14.3. The summed E-state index contributed by atoms with van der Waals surface area (Å²) in [4.78, 5) is 19.0. The van der Waals surface area contributed by atoms with Gasteiger partial charge in [0.05, 0.1) is 10.7 Å². The predicted octanol–water partition coefficient (Wildman–Crippen LogP) is 6.47. The number of piperidine rings is 1. The van der Waals surface area contributed by atoms with Crippen molar-refractivity contribution >= 4 is 35.2 Å². The number of H-pyrrole nitrogens is 1. The molecule has 0 spiro atoms. The van der Waals surface area contributed by atoms with Gasteiger partial charge in [-0.25, -0.2) is 4.99 Å². The first-order valence-corrected chi connectivity index (χ1v) is 13.4. The van der Waals surface area contributed by atoms with Crippen LogP contribution >= 0.6 is 11.6 Å². The Balaban J connectivity index is 0.00000161. The highest BCUT2D eigenvalue weighted by molar-refractivity contribution is 6.32. The van der Waals surface area contributed by atoms with Crippen molar-refractivity contribution in [3.05, 3.63) is 64.1 Å². The molecule has 38 heavy (non-hydrogen) atoms. The third-order valence-corrected chi connectivity index (χ3v) is 6.97. The maximum atomic E-state index is 12.0. The number of aromatic amines is 1. The predicted molar refractivity (Wildman–Crippen MR) is 160 cm³/mol. The second kappa shape index (κ2) is 15.5. The van der Waals surface area contributed by atoms with E-state index < -0.39 is 0 Å². The van der Waals surface area contributed by atoms with E-state index in [-0.39, 0.29) is 5.92 Å². The quantitative estimate of drug-likeness (QED) is 0.145. The fraction of sp³-hybridized carbons (Fsp3) is 0.483. The number of amidine groups is 1. The molecule has 208 valence electrons. The van der Waals surface area contributed by atoms with Crippen molar-refractivity contribution in [3.63, 3.8) is 0 Å². The molecule has 2 heterocycles. The number of ether oxygens (including phenoxy) is 1. The molecule has 2 aromatic rings. The minimum Gasteiger partial charge on any atom is -0.388 e. The summed E-state index contributed by atoms with van der Waals surface area (Å²) in [5, 5.41) is 13.9. The molecule has 0 amide bonds. The summed E-state index contributed by atoms with van der Waals surface area (Å²) in [5.74, 6) is 2.00. The van der Waals surface area contributed by atoms with Gasteiger partial charge in [0.15, 0.2) is 5.82 Å². The number of benzene rings is 1. The Bertz CT molecular complexity index is 1130. The molecule has 3 N–H and O–H groups in total. The summed E-state index contributed by atoms with van der Waals surface area (Å²) in [6, 6.07) is 5.99. The highest BCUT2D eigenvalue weighted by Gasteiger charge is 2.22. The monoisotopic (exact) mass is 542 g/mol. The Kier molecular flexibility index (Phi) is 12.7. The zero-order chi connectivity index (χ0) is 28.2. The number of aromatic nitrogens is 2. The van der Waals surface area contributed by atoms with E-state index in [1.165, 1.54) is 0 Å². The Hall–Kier alpha value is -2.94. The van der Waals surface area contributed by atoms with Crippen molar-refractivity contribution in [2.45, 2.75) is 52.9 Å². The number of aryl methyl sites for hydroxylation is 2. The van der Waals surface area contributed by atoms with Crippen LogP contribution < -0.4 is 10.6 Å². The molecule has 1 fully saturated rings. The number of hydrogen-bond donors (Lipinski definition) is 3. The van der Waals surface area contributed by atoms with Gasteiger partial charge >= 0.3 is 0 Å². The van der Waals surface area contributed by atoms with E-state index in [0.717, 1.165) is 72.5 Å². The van der Waals surface area contributed by atoms with Crippen molar-refractivity contribution in [2.75, 3.05) is 45.0 Å². The molecule has 0 radical (unpaired) electrons. The number of likely N-dealkylation sites (tertiary alicyclic amines) is 1. The molecule has 0 aliphatic carbocycles. The average molecular weight is 543 g/mol. The van der Waals surface area contributed by atoms with Crippen molar-refractivity contribution in [3.8, 4) is 0 Å². The van der Waals surface area contributed by atoms with Crippen LogP contribution in [0.15, 0.2) is 46.7 Å². The lowest BCUT2D eigenvalue weighted by atomic mass is 9.85. The second-order valence-corrected chi connectivity index (χ2v) is 10.3. The standard InChI is InChI=1S/C27H37ClN6O.C2H6O/c1-7-17(2)27(29-15-24(28)20(5)30-26-13-19(4)32-33-26)31-25-14-22(16-35)23(12-18(25)3)21-8-10-34(6)11-9-21;1-3-2/h12-17,21H,5,7-11H2,1-4,6H3,(H,29,31)(H2,30,32,33);1-2H3/b24-15+;. The summed E-state index contributed by atoms with van der Waals surface area (Å²) < 4.78 is 4.25. The van der Waals surface area contributed by atoms with Gasteiger partial charge < -0.3 is 20.3 Å². The smallest absolute Gasteiger partial charge is 0.152 e. The molecule has 1 unspecified atom stereocenters. The fourth-order valence-electron chi connectivity index (χ4n) is 4.17. The third-order valence-electron chi connectivity index (χ3n) is 6.65. The molecule has 1 aromatic heterocycles. The number of nitrogens with zero attached hydrogens (tertiary/aromatic N) is 3. The molecular weight excluding hydrogens is 500 g/mol. The summed E-state index contributed by atoms with van der Waals surface area (Å²) in [5.41, 5.74) is 5.32. The lowest BCUT2D eigenvalue weighted by Gasteiger charge is -2.30. The molecule has 8 nitrogen and oxygen atoms in total. The van der Waals surface area contributed by atoms with Crippen molar-refractivity contribution in [1.29, 1.82) is 0 Å². The largest absolute Gasteiger partial charge is 0.388 e. The van der Waals surface area contributed by atoms with E-state index in [1.54, 1.807) is 20.4 Å². The normalized spacial score (nSPS) is 15.9. The van der Waals surface area contributed by atoms with Crippen LogP contribution in [-0.4, -0.2) is 61.6 Å². The van der Waals surface area contributed by atoms with E-state index in [0.29, 0.717) is 22.5 Å². The van der Waals surface area contributed by atoms with Crippen LogP contribution in [-0.2, 0) is 4.74 Å². The first kappa shape index (κ1) is 31.3. The summed E-state index contributed by atoms with van der Waals surface area (Å²) in [6.07, 6.45) is 5.61. The van der Waals surface area contributed by atoms with Gasteiger partial charge in [-0.1, -0.05) is 38.1 Å². The lowest BCUT2D eigenvalue weighted by molar-refractivity contribution is 0.112. The van der Waals surface area contributed by atoms with E-state index >= 15 is 0 Å². The van der Waals surface area contributed by atoms with Gasteiger partial charge in [-0.2, -0.15) is 5.10 Å². The number of carbonyl (C=O) groups is 1. The average Bonchev–Trinajstić information content (AvgIpc) is 3.31. The zero-order valence-electron chi connectivity index (χ0n) is 23.8. The van der Waals surface area contributed by atoms with Crippen LogP contribution in [0.5, 0.6) is 0 Å². The van der Waals surface area contributed by atoms with Gasteiger partial charge in [-0.05, 0) is 76.4 Å². The Morgan fingerprint density at radius 1 is 1.29 bits per heavy atom. The van der Waals surface area contributed by atoms with Crippen LogP contribution in [0, 0.1) is 19.8 Å². The zero-order valence-corrected chi connectivity index (χ0v) is 24.6. The summed E-state index contributed by atoms with van der Waals surface area (Å²) in [7, 11) is 5.40. The van der Waals surface area contributed by atoms with Gasteiger partial charge in [0.1, 0.15) is 12.1 Å². The number of aliphatic imine (C=N–C) groups is 1. The maximum Gasteiger partial charge on any atom is 0.152 e. The number of rotatable bonds is 9. The number of aldehydes is 1. The van der Waals surface area contributed by atoms with E-state index in [1.807, 2.05) is 19.1 Å². The molecule has 1 aromatic carbocycles. The fourth-order valence-corrected chi connectivity index (χ4v) is 4.27. The molecule has 1 atom stereocenters. The van der Waals surface area contributed by atoms with E-state index in [9.17, 15) is 4.79 Å². The molecule has 9 heteroatoms. The van der Waals surface area contributed by atoms with Gasteiger partial charge in [0.25, 0.3) is 0 Å². The van der Waals surface area contributed by atoms with Crippen LogP contribution in [0.2, 0.25) is 0 Å². The molecule has 1 aliphatic rings. The van der Waals surface area contributed by atoms with E-state index in [4.69, 9.17) is 11.6 Å². The number of allylic oxidation sites excluding steroid dienone is 1. The number of methoxy groups -OCH3 is 1. The molecular formula is C29H43ClN6O2. The number of halogens is 1. The first-order chi connectivity index (χ1) is 18.1. The Labute approximate surface area is 232 Å². The topological polar surface area (TPSA) is 94.6 Å². The molecule has 1 saturated heterocycles. The number of anilines is 2. The van der Waals surface area contributed by atoms with Crippen LogP contribution in [0.1, 0.15) is 66.2 Å². The summed E-state index contributed by atoms with van der Waals surface area (Å²) >= 11 is 6.46. The van der Waals surface area contributed by atoms with Crippen LogP contribution in [0.3, 0.4) is 0 Å².